The van der Waals surface area contributed by atoms with Crippen LogP contribution in [0.3, 0.4) is 0 Å². The van der Waals surface area contributed by atoms with E-state index in [0.29, 0.717) is 16.3 Å². The molecule has 120 valence electrons. The second-order valence-corrected chi connectivity index (χ2v) is 5.88. The Labute approximate surface area is 132 Å². The van der Waals surface area contributed by atoms with Crippen molar-refractivity contribution in [1.82, 2.24) is 19.4 Å². The molecule has 0 bridgehead atoms. The Morgan fingerprint density at radius 1 is 1.22 bits per heavy atom. The molecule has 0 aromatic carbocycles. The van der Waals surface area contributed by atoms with Gasteiger partial charge in [0.25, 0.3) is 0 Å². The number of nitrogens with zero attached hydrogens (tertiary/aromatic N) is 4. The topological polar surface area (TPSA) is 43.1 Å². The summed E-state index contributed by atoms with van der Waals surface area (Å²) in [5, 5.41) is 0. The van der Waals surface area contributed by atoms with Crippen LogP contribution in [-0.4, -0.2) is 25.1 Å². The van der Waals surface area contributed by atoms with Crippen molar-refractivity contribution in [2.75, 3.05) is 5.75 Å². The minimum Gasteiger partial charge on any atom is -0.290 e. The van der Waals surface area contributed by atoms with Gasteiger partial charge in [-0.05, 0) is 17.9 Å². The lowest BCUT2D eigenvalue weighted by Gasteiger charge is -2.04. The Morgan fingerprint density at radius 2 is 2.00 bits per heavy atom. The van der Waals surface area contributed by atoms with Crippen LogP contribution in [-0.2, 0) is 6.18 Å². The second-order valence-electron chi connectivity index (χ2n) is 4.58. The van der Waals surface area contributed by atoms with E-state index in [1.807, 2.05) is 6.92 Å². The standard InChI is InChI=1S/C14H10F4N4S/c1-2-23-9-3-4-11(15)21-13(9)8-6-22-7-19-10(14(16,17)18)5-12(22)20-8/h3-7H,2H2,1H3. The van der Waals surface area contributed by atoms with E-state index in [2.05, 4.69) is 15.0 Å². The predicted molar refractivity (Wildman–Crippen MR) is 77.6 cm³/mol. The van der Waals surface area contributed by atoms with Crippen molar-refractivity contribution in [2.45, 2.75) is 18.0 Å². The van der Waals surface area contributed by atoms with Crippen LogP contribution in [0.5, 0.6) is 0 Å². The van der Waals surface area contributed by atoms with Crippen LogP contribution >= 0.6 is 11.8 Å². The van der Waals surface area contributed by atoms with Crippen molar-refractivity contribution in [3.63, 3.8) is 0 Å². The van der Waals surface area contributed by atoms with Crippen LogP contribution in [0.2, 0.25) is 0 Å². The molecule has 3 heterocycles. The maximum Gasteiger partial charge on any atom is 0.433 e. The molecule has 9 heteroatoms. The van der Waals surface area contributed by atoms with E-state index in [9.17, 15) is 17.6 Å². The van der Waals surface area contributed by atoms with Crippen molar-refractivity contribution < 1.29 is 17.6 Å². The van der Waals surface area contributed by atoms with Crippen molar-refractivity contribution in [3.8, 4) is 11.4 Å². The smallest absolute Gasteiger partial charge is 0.290 e. The van der Waals surface area contributed by atoms with Gasteiger partial charge in [-0.15, -0.1) is 11.8 Å². The monoisotopic (exact) mass is 342 g/mol. The number of aromatic nitrogens is 4. The number of pyridine rings is 1. The average molecular weight is 342 g/mol. The van der Waals surface area contributed by atoms with E-state index in [0.717, 1.165) is 18.1 Å². The molecule has 0 saturated carbocycles. The lowest BCUT2D eigenvalue weighted by atomic mass is 10.3. The molecular formula is C14H10F4N4S. The highest BCUT2D eigenvalue weighted by Gasteiger charge is 2.33. The quantitative estimate of drug-likeness (QED) is 0.409. The summed E-state index contributed by atoms with van der Waals surface area (Å²) in [7, 11) is 0. The van der Waals surface area contributed by atoms with Gasteiger partial charge in [-0.2, -0.15) is 17.6 Å². The van der Waals surface area contributed by atoms with E-state index in [-0.39, 0.29) is 5.65 Å². The summed E-state index contributed by atoms with van der Waals surface area (Å²) >= 11 is 1.45. The van der Waals surface area contributed by atoms with Crippen LogP contribution in [0.15, 0.2) is 35.6 Å². The van der Waals surface area contributed by atoms with E-state index >= 15 is 0 Å². The molecule has 3 aromatic heterocycles. The van der Waals surface area contributed by atoms with E-state index in [1.54, 1.807) is 6.07 Å². The summed E-state index contributed by atoms with van der Waals surface area (Å²) in [5.41, 5.74) is -0.367. The van der Waals surface area contributed by atoms with E-state index in [4.69, 9.17) is 0 Å². The lowest BCUT2D eigenvalue weighted by molar-refractivity contribution is -0.141. The van der Waals surface area contributed by atoms with Crippen LogP contribution < -0.4 is 0 Å². The highest BCUT2D eigenvalue weighted by Crippen LogP contribution is 2.31. The first-order valence-corrected chi connectivity index (χ1v) is 7.58. The van der Waals surface area contributed by atoms with Crippen molar-refractivity contribution in [2.24, 2.45) is 0 Å². The van der Waals surface area contributed by atoms with Gasteiger partial charge in [0, 0.05) is 17.2 Å². The summed E-state index contributed by atoms with van der Waals surface area (Å²) in [5.74, 6) is 0.0691. The summed E-state index contributed by atoms with van der Waals surface area (Å²) in [4.78, 5) is 12.0. The molecule has 0 amide bonds. The molecule has 3 rings (SSSR count). The van der Waals surface area contributed by atoms with E-state index < -0.39 is 17.8 Å². The van der Waals surface area contributed by atoms with Gasteiger partial charge in [0.15, 0.2) is 0 Å². The number of imidazole rings is 1. The maximum atomic E-state index is 13.4. The number of rotatable bonds is 3. The Balaban J connectivity index is 2.12. The molecule has 4 nitrogen and oxygen atoms in total. The van der Waals surface area contributed by atoms with Crippen LogP contribution in [0.4, 0.5) is 17.6 Å². The first-order chi connectivity index (χ1) is 10.9. The second kappa shape index (κ2) is 5.80. The summed E-state index contributed by atoms with van der Waals surface area (Å²) in [6.07, 6.45) is -2.04. The molecule has 0 saturated heterocycles. The Kier molecular flexibility index (Phi) is 3.97. The summed E-state index contributed by atoms with van der Waals surface area (Å²) in [6.45, 7) is 1.93. The van der Waals surface area contributed by atoms with Crippen LogP contribution in [0.1, 0.15) is 12.6 Å². The van der Waals surface area contributed by atoms with Crippen LogP contribution in [0.25, 0.3) is 17.0 Å². The zero-order valence-electron chi connectivity index (χ0n) is 11.8. The number of hydrogen-bond donors (Lipinski definition) is 0. The molecule has 0 atom stereocenters. The third-order valence-electron chi connectivity index (χ3n) is 3.01. The van der Waals surface area contributed by atoms with Gasteiger partial charge in [0.1, 0.15) is 29.1 Å². The zero-order valence-corrected chi connectivity index (χ0v) is 12.6. The molecule has 0 aliphatic heterocycles. The maximum absolute atomic E-state index is 13.4. The van der Waals surface area contributed by atoms with Gasteiger partial charge < -0.3 is 0 Å². The highest BCUT2D eigenvalue weighted by molar-refractivity contribution is 7.99. The molecule has 0 aliphatic rings. The Morgan fingerprint density at radius 3 is 2.70 bits per heavy atom. The lowest BCUT2D eigenvalue weighted by Crippen LogP contribution is -2.08. The summed E-state index contributed by atoms with van der Waals surface area (Å²) < 4.78 is 52.9. The normalized spacial score (nSPS) is 12.0. The van der Waals surface area contributed by atoms with Gasteiger partial charge in [0.05, 0.1) is 0 Å². The first-order valence-electron chi connectivity index (χ1n) is 6.60. The zero-order chi connectivity index (χ0) is 16.6. The van der Waals surface area contributed by atoms with Crippen molar-refractivity contribution in [3.05, 3.63) is 42.4 Å². The predicted octanol–water partition coefficient (Wildman–Crippen LogP) is 4.06. The first kappa shape index (κ1) is 15.7. The third-order valence-corrected chi connectivity index (χ3v) is 3.93. The molecule has 3 aromatic rings. The van der Waals surface area contributed by atoms with Gasteiger partial charge in [-0.25, -0.2) is 15.0 Å². The number of hydrogen-bond acceptors (Lipinski definition) is 4. The minimum absolute atomic E-state index is 0.0702. The van der Waals surface area contributed by atoms with Crippen LogP contribution in [0, 0.1) is 5.95 Å². The number of fused-ring (bicyclic) bond motifs is 1. The van der Waals surface area contributed by atoms with Crippen molar-refractivity contribution >= 4 is 17.4 Å². The number of thioether (sulfide) groups is 1. The molecule has 0 aliphatic carbocycles. The fraction of sp³-hybridized carbons (Fsp3) is 0.214. The fourth-order valence-electron chi connectivity index (χ4n) is 2.04. The molecule has 0 radical (unpaired) electrons. The molecule has 0 spiro atoms. The number of halogens is 4. The van der Waals surface area contributed by atoms with Crippen molar-refractivity contribution in [1.29, 1.82) is 0 Å². The Hall–Kier alpha value is -2.16. The van der Waals surface area contributed by atoms with E-state index in [1.165, 1.54) is 28.4 Å². The largest absolute Gasteiger partial charge is 0.433 e. The van der Waals surface area contributed by atoms with Gasteiger partial charge in [-0.3, -0.25) is 4.40 Å². The third kappa shape index (κ3) is 3.14. The molecule has 23 heavy (non-hydrogen) atoms. The SMILES string of the molecule is CCSc1ccc(F)nc1-c1cn2cnc(C(F)(F)F)cc2n1. The molecular weight excluding hydrogens is 332 g/mol. The minimum atomic E-state index is -4.55. The average Bonchev–Trinajstić information content (AvgIpc) is 2.91. The van der Waals surface area contributed by atoms with Gasteiger partial charge >= 0.3 is 6.18 Å². The molecule has 0 unspecified atom stereocenters. The fourth-order valence-corrected chi connectivity index (χ4v) is 2.80. The number of alkyl halides is 3. The Bertz CT molecular complexity index is 860. The van der Waals surface area contributed by atoms with Gasteiger partial charge in [-0.1, -0.05) is 6.92 Å². The molecule has 0 fully saturated rings. The molecule has 0 N–H and O–H groups in total. The highest BCUT2D eigenvalue weighted by atomic mass is 32.2. The van der Waals surface area contributed by atoms with Gasteiger partial charge in [0.2, 0.25) is 5.95 Å². The summed E-state index contributed by atoms with van der Waals surface area (Å²) in [6, 6.07) is 3.66.